The first kappa shape index (κ1) is 13.9. The average Bonchev–Trinajstić information content (AvgIpc) is 3.06. The third-order valence-corrected chi connectivity index (χ3v) is 4.55. The molecule has 0 radical (unpaired) electrons. The van der Waals surface area contributed by atoms with E-state index in [-0.39, 0.29) is 11.7 Å². The molecule has 0 aliphatic carbocycles. The van der Waals surface area contributed by atoms with Gasteiger partial charge in [-0.1, -0.05) is 0 Å². The lowest BCUT2D eigenvalue weighted by Crippen LogP contribution is -2.26. The fraction of sp³-hybridized carbons (Fsp3) is 0.308. The lowest BCUT2D eigenvalue weighted by atomic mass is 10.3. The highest BCUT2D eigenvalue weighted by Gasteiger charge is 2.19. The molecule has 2 aromatic rings. The van der Waals surface area contributed by atoms with E-state index in [0.29, 0.717) is 24.5 Å². The molecule has 1 aliphatic heterocycles. The second kappa shape index (κ2) is 5.38. The normalized spacial score (nSPS) is 13.6. The van der Waals surface area contributed by atoms with Gasteiger partial charge >= 0.3 is 0 Å². The van der Waals surface area contributed by atoms with Crippen molar-refractivity contribution in [3.8, 4) is 11.5 Å². The number of aromatic amines is 1. The van der Waals surface area contributed by atoms with Crippen molar-refractivity contribution in [3.05, 3.63) is 35.9 Å². The van der Waals surface area contributed by atoms with Crippen molar-refractivity contribution in [3.63, 3.8) is 0 Å². The molecular weight excluding hydrogens is 294 g/mol. The number of benzene rings is 1. The van der Waals surface area contributed by atoms with Crippen LogP contribution < -0.4 is 14.2 Å². The molecule has 1 aromatic heterocycles. The molecule has 21 heavy (non-hydrogen) atoms. The third kappa shape index (κ3) is 3.01. The smallest absolute Gasteiger partial charge is 0.240 e. The molecule has 0 fully saturated rings. The fourth-order valence-electron chi connectivity index (χ4n) is 2.05. The Bertz CT molecular complexity index is 755. The summed E-state index contributed by atoms with van der Waals surface area (Å²) < 4.78 is 37.3. The second-order valence-corrected chi connectivity index (χ2v) is 6.42. The van der Waals surface area contributed by atoms with Crippen molar-refractivity contribution in [2.75, 3.05) is 13.3 Å². The van der Waals surface area contributed by atoms with E-state index >= 15 is 0 Å². The Morgan fingerprint density at radius 1 is 1.33 bits per heavy atom. The first-order valence-electron chi connectivity index (χ1n) is 6.44. The number of nitrogens with zero attached hydrogens (tertiary/aromatic N) is 1. The largest absolute Gasteiger partial charge is 0.454 e. The van der Waals surface area contributed by atoms with Gasteiger partial charge in [-0.25, -0.2) is 18.1 Å². The number of rotatable bonds is 5. The fourth-order valence-corrected chi connectivity index (χ4v) is 3.09. The van der Waals surface area contributed by atoms with Gasteiger partial charge in [0.25, 0.3) is 0 Å². The van der Waals surface area contributed by atoms with E-state index in [4.69, 9.17) is 9.47 Å². The molecule has 112 valence electrons. The van der Waals surface area contributed by atoms with E-state index in [1.54, 1.807) is 12.3 Å². The Kier molecular flexibility index (Phi) is 3.56. The number of fused-ring (bicyclic) bond motifs is 1. The summed E-state index contributed by atoms with van der Waals surface area (Å²) in [5, 5.41) is 0. The maximum atomic E-state index is 12.2. The van der Waals surface area contributed by atoms with Crippen molar-refractivity contribution < 1.29 is 17.9 Å². The minimum atomic E-state index is -3.57. The Hall–Kier alpha value is -2.06. The molecule has 0 amide bonds. The van der Waals surface area contributed by atoms with Crippen LogP contribution in [0.1, 0.15) is 11.5 Å². The Balaban J connectivity index is 1.66. The van der Waals surface area contributed by atoms with Gasteiger partial charge in [0.15, 0.2) is 11.5 Å². The molecule has 2 heterocycles. The summed E-state index contributed by atoms with van der Waals surface area (Å²) in [6, 6.07) is 4.55. The zero-order chi connectivity index (χ0) is 14.9. The Morgan fingerprint density at radius 2 is 2.14 bits per heavy atom. The Morgan fingerprint density at radius 3 is 2.90 bits per heavy atom. The summed E-state index contributed by atoms with van der Waals surface area (Å²) in [6.07, 6.45) is 2.24. The van der Waals surface area contributed by atoms with Crippen LogP contribution in [0.3, 0.4) is 0 Å². The number of ether oxygens (including phenoxy) is 2. The SMILES string of the molecule is Cc1ncc(CCNS(=O)(=O)c2ccc3c(c2)OCO3)[nH]1. The monoisotopic (exact) mass is 309 g/mol. The minimum Gasteiger partial charge on any atom is -0.454 e. The number of imidazole rings is 1. The van der Waals surface area contributed by atoms with Gasteiger partial charge in [-0.3, -0.25) is 0 Å². The topological polar surface area (TPSA) is 93.3 Å². The number of hydrogen-bond acceptors (Lipinski definition) is 5. The molecule has 3 rings (SSSR count). The number of aryl methyl sites for hydroxylation is 1. The first-order chi connectivity index (χ1) is 10.0. The van der Waals surface area contributed by atoms with Gasteiger partial charge in [-0.15, -0.1) is 0 Å². The molecule has 7 nitrogen and oxygen atoms in total. The molecule has 8 heteroatoms. The lowest BCUT2D eigenvalue weighted by Gasteiger charge is -2.07. The van der Waals surface area contributed by atoms with Crippen molar-refractivity contribution in [2.45, 2.75) is 18.2 Å². The van der Waals surface area contributed by atoms with Gasteiger partial charge in [0.05, 0.1) is 4.90 Å². The summed E-state index contributed by atoms with van der Waals surface area (Å²) in [5.41, 5.74) is 0.890. The van der Waals surface area contributed by atoms with Crippen LogP contribution in [-0.4, -0.2) is 31.7 Å². The first-order valence-corrected chi connectivity index (χ1v) is 7.93. The van der Waals surface area contributed by atoms with E-state index in [9.17, 15) is 8.42 Å². The van der Waals surface area contributed by atoms with Gasteiger partial charge in [0.1, 0.15) is 5.82 Å². The van der Waals surface area contributed by atoms with Crippen LogP contribution in [0.25, 0.3) is 0 Å². The van der Waals surface area contributed by atoms with E-state index in [0.717, 1.165) is 11.5 Å². The van der Waals surface area contributed by atoms with E-state index in [2.05, 4.69) is 14.7 Å². The summed E-state index contributed by atoms with van der Waals surface area (Å²) in [7, 11) is -3.57. The van der Waals surface area contributed by atoms with Crippen LogP contribution in [0.15, 0.2) is 29.3 Å². The molecule has 1 aromatic carbocycles. The third-order valence-electron chi connectivity index (χ3n) is 3.10. The molecule has 0 saturated heterocycles. The van der Waals surface area contributed by atoms with Gasteiger partial charge in [-0.05, 0) is 19.1 Å². The quantitative estimate of drug-likeness (QED) is 0.858. The molecule has 2 N–H and O–H groups in total. The molecule has 0 atom stereocenters. The highest BCUT2D eigenvalue weighted by molar-refractivity contribution is 7.89. The predicted octanol–water partition coefficient (Wildman–Crippen LogP) is 0.968. The number of nitrogens with one attached hydrogen (secondary N) is 2. The van der Waals surface area contributed by atoms with Crippen molar-refractivity contribution in [1.29, 1.82) is 0 Å². The van der Waals surface area contributed by atoms with Crippen LogP contribution >= 0.6 is 0 Å². The number of sulfonamides is 1. The van der Waals surface area contributed by atoms with Crippen LogP contribution in [0.5, 0.6) is 11.5 Å². The molecule has 1 aliphatic rings. The van der Waals surface area contributed by atoms with Crippen molar-refractivity contribution >= 4 is 10.0 Å². The van der Waals surface area contributed by atoms with E-state index in [1.165, 1.54) is 12.1 Å². The zero-order valence-corrected chi connectivity index (χ0v) is 12.2. The molecular formula is C13H15N3O4S. The van der Waals surface area contributed by atoms with Gasteiger partial charge in [0.2, 0.25) is 16.8 Å². The van der Waals surface area contributed by atoms with Crippen LogP contribution in [-0.2, 0) is 16.4 Å². The summed E-state index contributed by atoms with van der Waals surface area (Å²) in [6.45, 7) is 2.25. The zero-order valence-electron chi connectivity index (χ0n) is 11.4. The summed E-state index contributed by atoms with van der Waals surface area (Å²) in [5.74, 6) is 1.81. The average molecular weight is 309 g/mol. The van der Waals surface area contributed by atoms with Gasteiger partial charge < -0.3 is 14.5 Å². The number of H-pyrrole nitrogens is 1. The van der Waals surface area contributed by atoms with Gasteiger partial charge in [-0.2, -0.15) is 0 Å². The maximum absolute atomic E-state index is 12.2. The van der Waals surface area contributed by atoms with E-state index in [1.807, 2.05) is 6.92 Å². The predicted molar refractivity (Wildman–Crippen MR) is 74.8 cm³/mol. The standard InChI is InChI=1S/C13H15N3O4S/c1-9-14-7-10(16-9)4-5-15-21(17,18)11-2-3-12-13(6-11)20-8-19-12/h2-3,6-7,15H,4-5,8H2,1H3,(H,14,16). The molecule has 0 spiro atoms. The van der Waals surface area contributed by atoms with Gasteiger partial charge in [0, 0.05) is 30.9 Å². The lowest BCUT2D eigenvalue weighted by molar-refractivity contribution is 0.174. The minimum absolute atomic E-state index is 0.117. The maximum Gasteiger partial charge on any atom is 0.240 e. The van der Waals surface area contributed by atoms with Crippen molar-refractivity contribution in [2.24, 2.45) is 0 Å². The summed E-state index contributed by atoms with van der Waals surface area (Å²) >= 11 is 0. The van der Waals surface area contributed by atoms with Crippen LogP contribution in [0.4, 0.5) is 0 Å². The van der Waals surface area contributed by atoms with E-state index < -0.39 is 10.0 Å². The number of hydrogen-bond donors (Lipinski definition) is 2. The van der Waals surface area contributed by atoms with Crippen LogP contribution in [0, 0.1) is 6.92 Å². The Labute approximate surface area is 122 Å². The molecule has 0 bridgehead atoms. The van der Waals surface area contributed by atoms with Crippen LogP contribution in [0.2, 0.25) is 0 Å². The number of aromatic nitrogens is 2. The molecule has 0 saturated carbocycles. The van der Waals surface area contributed by atoms with Crippen molar-refractivity contribution in [1.82, 2.24) is 14.7 Å². The second-order valence-electron chi connectivity index (χ2n) is 4.66. The molecule has 0 unspecified atom stereocenters. The summed E-state index contributed by atoms with van der Waals surface area (Å²) in [4.78, 5) is 7.28. The highest BCUT2D eigenvalue weighted by Crippen LogP contribution is 2.33. The highest BCUT2D eigenvalue weighted by atomic mass is 32.2.